The summed E-state index contributed by atoms with van der Waals surface area (Å²) < 4.78 is 39.2. The zero-order chi connectivity index (χ0) is 20.0. The lowest BCUT2D eigenvalue weighted by Crippen LogP contribution is -2.39. The first-order valence-electron chi connectivity index (χ1n) is 9.64. The molecule has 2 aromatic rings. The molecule has 1 aliphatic rings. The van der Waals surface area contributed by atoms with Crippen LogP contribution < -0.4 is 14.2 Å². The van der Waals surface area contributed by atoms with Crippen molar-refractivity contribution >= 4 is 10.0 Å². The second-order valence-electron chi connectivity index (χ2n) is 6.98. The van der Waals surface area contributed by atoms with Gasteiger partial charge in [0.15, 0.2) is 0 Å². The lowest BCUT2D eigenvalue weighted by atomic mass is 9.94. The van der Waals surface area contributed by atoms with Crippen molar-refractivity contribution < 1.29 is 17.9 Å². The fourth-order valence-corrected chi connectivity index (χ4v) is 4.71. The predicted octanol–water partition coefficient (Wildman–Crippen LogP) is 3.11. The number of hydrogen-bond acceptors (Lipinski definition) is 6. The molecule has 0 amide bonds. The third kappa shape index (κ3) is 5.20. The first-order valence-corrected chi connectivity index (χ1v) is 11.1. The van der Waals surface area contributed by atoms with Crippen LogP contribution >= 0.6 is 0 Å². The van der Waals surface area contributed by atoms with Gasteiger partial charge in [0.25, 0.3) is 11.8 Å². The van der Waals surface area contributed by atoms with Gasteiger partial charge in [-0.2, -0.15) is 0 Å². The van der Waals surface area contributed by atoms with Crippen LogP contribution in [0, 0.1) is 0 Å². The summed E-state index contributed by atoms with van der Waals surface area (Å²) >= 11 is 0. The van der Waals surface area contributed by atoms with Gasteiger partial charge in [-0.15, -0.1) is 0 Å². The van der Waals surface area contributed by atoms with E-state index in [4.69, 9.17) is 9.47 Å². The van der Waals surface area contributed by atoms with Crippen LogP contribution in [0.2, 0.25) is 0 Å². The topological polar surface area (TPSA) is 90.4 Å². The molecule has 8 heteroatoms. The number of rotatable bonds is 8. The Kier molecular flexibility index (Phi) is 6.85. The van der Waals surface area contributed by atoms with Gasteiger partial charge in [-0.25, -0.2) is 23.1 Å². The molecule has 0 bridgehead atoms. The summed E-state index contributed by atoms with van der Waals surface area (Å²) in [6, 6.07) is 7.04. The highest BCUT2D eigenvalue weighted by molar-refractivity contribution is 7.89. The van der Waals surface area contributed by atoms with Gasteiger partial charge in [0, 0.05) is 18.4 Å². The molecule has 1 aliphatic carbocycles. The molecule has 1 saturated carbocycles. The van der Waals surface area contributed by atoms with E-state index in [-0.39, 0.29) is 12.1 Å². The molecule has 1 heterocycles. The number of nitrogens with one attached hydrogen (secondary N) is 1. The number of aromatic nitrogens is 2. The molecule has 1 N–H and O–H groups in total. The highest BCUT2D eigenvalue weighted by Crippen LogP contribution is 2.27. The maximum atomic E-state index is 12.6. The predicted molar refractivity (Wildman–Crippen MR) is 106 cm³/mol. The molecule has 3 rings (SSSR count). The number of aryl methyl sites for hydroxylation is 1. The highest BCUT2D eigenvalue weighted by Gasteiger charge is 2.27. The van der Waals surface area contributed by atoms with Crippen molar-refractivity contribution in [3.8, 4) is 11.8 Å². The van der Waals surface area contributed by atoms with Crippen LogP contribution in [0.25, 0.3) is 0 Å². The summed E-state index contributed by atoms with van der Waals surface area (Å²) in [7, 11) is -1.99. The van der Waals surface area contributed by atoms with Crippen molar-refractivity contribution in [1.29, 1.82) is 0 Å². The van der Waals surface area contributed by atoms with Crippen LogP contribution in [-0.2, 0) is 16.4 Å². The van der Waals surface area contributed by atoms with E-state index in [1.807, 2.05) is 12.1 Å². The van der Waals surface area contributed by atoms with Gasteiger partial charge in [0.05, 0.1) is 12.0 Å². The van der Waals surface area contributed by atoms with Crippen LogP contribution in [0.5, 0.6) is 11.8 Å². The van der Waals surface area contributed by atoms with Crippen molar-refractivity contribution in [2.75, 3.05) is 7.11 Å². The molecule has 0 unspecified atom stereocenters. The summed E-state index contributed by atoms with van der Waals surface area (Å²) in [5.41, 5.74) is 1.15. The Morgan fingerprint density at radius 3 is 2.29 bits per heavy atom. The van der Waals surface area contributed by atoms with Crippen LogP contribution in [0.15, 0.2) is 41.6 Å². The zero-order valence-electron chi connectivity index (χ0n) is 16.3. The number of methoxy groups -OCH3 is 1. The van der Waals surface area contributed by atoms with E-state index in [9.17, 15) is 8.42 Å². The molecule has 0 spiro atoms. The quantitative estimate of drug-likeness (QED) is 0.726. The first kappa shape index (κ1) is 20.5. The molecule has 152 valence electrons. The lowest BCUT2D eigenvalue weighted by Gasteiger charge is -2.29. The highest BCUT2D eigenvalue weighted by atomic mass is 32.2. The minimum absolute atomic E-state index is 0.0281. The van der Waals surface area contributed by atoms with E-state index in [2.05, 4.69) is 21.6 Å². The van der Waals surface area contributed by atoms with E-state index >= 15 is 0 Å². The molecular formula is C20H27N3O4S. The molecule has 0 saturated heterocycles. The molecule has 0 aliphatic heterocycles. The van der Waals surface area contributed by atoms with Crippen LogP contribution in [-0.4, -0.2) is 37.6 Å². The summed E-state index contributed by atoms with van der Waals surface area (Å²) in [6.07, 6.45) is 7.96. The van der Waals surface area contributed by atoms with Gasteiger partial charge >= 0.3 is 0 Å². The molecular weight excluding hydrogens is 378 g/mol. The van der Waals surface area contributed by atoms with Crippen LogP contribution in [0.3, 0.4) is 0 Å². The third-order valence-corrected chi connectivity index (χ3v) is 6.41. The van der Waals surface area contributed by atoms with E-state index in [1.54, 1.807) is 24.5 Å². The number of benzene rings is 1. The monoisotopic (exact) mass is 405 g/mol. The maximum absolute atomic E-state index is 12.6. The Balaban J connectivity index is 1.54. The summed E-state index contributed by atoms with van der Waals surface area (Å²) in [5.74, 6) is 0.734. The molecule has 0 radical (unpaired) electrons. The van der Waals surface area contributed by atoms with Gasteiger partial charge in [0.2, 0.25) is 10.0 Å². The minimum atomic E-state index is -3.51. The molecule has 28 heavy (non-hydrogen) atoms. The van der Waals surface area contributed by atoms with Crippen LogP contribution in [0.1, 0.15) is 44.6 Å². The minimum Gasteiger partial charge on any atom is -0.477 e. The number of sulfonamides is 1. The van der Waals surface area contributed by atoms with Gasteiger partial charge in [-0.1, -0.05) is 25.5 Å². The van der Waals surface area contributed by atoms with Crippen molar-refractivity contribution in [1.82, 2.24) is 14.7 Å². The summed E-state index contributed by atoms with van der Waals surface area (Å²) in [5, 5.41) is 0. The molecule has 7 nitrogen and oxygen atoms in total. The van der Waals surface area contributed by atoms with Crippen LogP contribution in [0.4, 0.5) is 0 Å². The Morgan fingerprint density at radius 2 is 1.68 bits per heavy atom. The Hall–Kier alpha value is -2.19. The zero-order valence-corrected chi connectivity index (χ0v) is 17.1. The normalized spacial score (nSPS) is 19.9. The second-order valence-corrected chi connectivity index (χ2v) is 8.69. The van der Waals surface area contributed by atoms with E-state index < -0.39 is 10.0 Å². The Bertz CT molecular complexity index is 863. The standard InChI is InChI=1S/C20H27N3O4S/c1-3-4-15-5-11-18(12-6-15)28(24,25)23-16-7-9-17(10-8-16)27-20-19(26-2)21-13-14-22-20/h5-6,11-14,16-17,23H,3-4,7-10H2,1-2H3. The number of ether oxygens (including phenoxy) is 2. The summed E-state index contributed by atoms with van der Waals surface area (Å²) in [4.78, 5) is 8.55. The van der Waals surface area contributed by atoms with Gasteiger partial charge in [-0.3, -0.25) is 0 Å². The lowest BCUT2D eigenvalue weighted by molar-refractivity contribution is 0.132. The Morgan fingerprint density at radius 1 is 1.04 bits per heavy atom. The molecule has 0 atom stereocenters. The average Bonchev–Trinajstić information content (AvgIpc) is 2.70. The third-order valence-electron chi connectivity index (χ3n) is 4.87. The average molecular weight is 406 g/mol. The van der Waals surface area contributed by atoms with E-state index in [1.165, 1.54) is 7.11 Å². The number of nitrogens with zero attached hydrogens (tertiary/aromatic N) is 2. The smallest absolute Gasteiger partial charge is 0.278 e. The molecule has 1 fully saturated rings. The molecule has 1 aromatic heterocycles. The Labute approximate surface area is 166 Å². The fraction of sp³-hybridized carbons (Fsp3) is 0.500. The largest absolute Gasteiger partial charge is 0.477 e. The van der Waals surface area contributed by atoms with E-state index in [0.29, 0.717) is 29.5 Å². The van der Waals surface area contributed by atoms with Gasteiger partial charge in [-0.05, 0) is 49.8 Å². The van der Waals surface area contributed by atoms with Crippen molar-refractivity contribution in [2.24, 2.45) is 0 Å². The second kappa shape index (κ2) is 9.34. The first-order chi connectivity index (χ1) is 13.5. The molecule has 1 aromatic carbocycles. The fourth-order valence-electron chi connectivity index (χ4n) is 3.40. The summed E-state index contributed by atoms with van der Waals surface area (Å²) in [6.45, 7) is 2.10. The maximum Gasteiger partial charge on any atom is 0.278 e. The SMILES string of the molecule is CCCc1ccc(S(=O)(=O)NC2CCC(Oc3nccnc3OC)CC2)cc1. The van der Waals surface area contributed by atoms with Gasteiger partial charge < -0.3 is 9.47 Å². The van der Waals surface area contributed by atoms with Crippen molar-refractivity contribution in [3.05, 3.63) is 42.2 Å². The van der Waals surface area contributed by atoms with Gasteiger partial charge in [0.1, 0.15) is 6.10 Å². The number of hydrogen-bond donors (Lipinski definition) is 1. The van der Waals surface area contributed by atoms with Crippen molar-refractivity contribution in [2.45, 2.75) is 62.5 Å². The van der Waals surface area contributed by atoms with Crippen molar-refractivity contribution in [3.63, 3.8) is 0 Å². The van der Waals surface area contributed by atoms with E-state index in [0.717, 1.165) is 31.2 Å².